The van der Waals surface area contributed by atoms with Gasteiger partial charge in [-0.05, 0) is 32.1 Å². The zero-order chi connectivity index (χ0) is 11.8. The van der Waals surface area contributed by atoms with Crippen molar-refractivity contribution in [2.24, 2.45) is 0 Å². The van der Waals surface area contributed by atoms with Crippen molar-refractivity contribution in [2.45, 2.75) is 12.5 Å². The van der Waals surface area contributed by atoms with Gasteiger partial charge >= 0.3 is 0 Å². The lowest BCUT2D eigenvalue weighted by Gasteiger charge is -2.23. The second-order valence-corrected chi connectivity index (χ2v) is 4.89. The lowest BCUT2D eigenvalue weighted by atomic mass is 10.2. The molecule has 1 aliphatic heterocycles. The average molecular weight is 230 g/mol. The minimum Gasteiger partial charge on any atom is -0.341 e. The van der Waals surface area contributed by atoms with Gasteiger partial charge in [0, 0.05) is 19.6 Å². The van der Waals surface area contributed by atoms with E-state index in [4.69, 9.17) is 0 Å². The summed E-state index contributed by atoms with van der Waals surface area (Å²) < 4.78 is 0. The first-order valence-corrected chi connectivity index (χ1v) is 6.10. The van der Waals surface area contributed by atoms with E-state index in [0.717, 1.165) is 23.5 Å². The first kappa shape index (κ1) is 10.6. The molecule has 1 aromatic heterocycles. The number of likely N-dealkylation sites (tertiary alicyclic amines) is 1. The summed E-state index contributed by atoms with van der Waals surface area (Å²) >= 11 is 0. The van der Waals surface area contributed by atoms with E-state index in [1.807, 2.05) is 18.2 Å². The highest BCUT2D eigenvalue weighted by atomic mass is 15.3. The van der Waals surface area contributed by atoms with Crippen LogP contribution in [0, 0.1) is 0 Å². The predicted octanol–water partition coefficient (Wildman–Crippen LogP) is 1.70. The van der Waals surface area contributed by atoms with Crippen LogP contribution in [0.5, 0.6) is 0 Å². The van der Waals surface area contributed by atoms with Crippen molar-refractivity contribution in [1.82, 2.24) is 14.9 Å². The monoisotopic (exact) mass is 230 g/mol. The van der Waals surface area contributed by atoms with Gasteiger partial charge in [-0.1, -0.05) is 12.1 Å². The van der Waals surface area contributed by atoms with Gasteiger partial charge in [0.05, 0.1) is 11.0 Å². The van der Waals surface area contributed by atoms with Gasteiger partial charge in [-0.15, -0.1) is 0 Å². The topological polar surface area (TPSA) is 35.2 Å². The molecule has 0 radical (unpaired) electrons. The maximum Gasteiger partial charge on any atom is 0.203 e. The van der Waals surface area contributed by atoms with Gasteiger partial charge in [-0.3, -0.25) is 0 Å². The number of imidazole rings is 1. The number of para-hydroxylation sites is 2. The number of benzene rings is 1. The lowest BCUT2D eigenvalue weighted by Crippen LogP contribution is -2.34. The molecular weight excluding hydrogens is 212 g/mol. The highest BCUT2D eigenvalue weighted by molar-refractivity contribution is 5.77. The number of likely N-dealkylation sites (N-methyl/N-ethyl adjacent to an activating group) is 2. The third-order valence-electron chi connectivity index (χ3n) is 3.63. The third-order valence-corrected chi connectivity index (χ3v) is 3.63. The Morgan fingerprint density at radius 3 is 2.94 bits per heavy atom. The van der Waals surface area contributed by atoms with Gasteiger partial charge < -0.3 is 14.8 Å². The fourth-order valence-electron chi connectivity index (χ4n) is 2.51. The molecule has 4 heteroatoms. The fraction of sp³-hybridized carbons (Fsp3) is 0.462. The molecule has 2 heterocycles. The molecule has 17 heavy (non-hydrogen) atoms. The number of aromatic amines is 1. The van der Waals surface area contributed by atoms with Crippen LogP contribution in [0.1, 0.15) is 6.42 Å². The maximum absolute atomic E-state index is 4.63. The molecule has 1 unspecified atom stereocenters. The summed E-state index contributed by atoms with van der Waals surface area (Å²) in [5, 5.41) is 0. The average Bonchev–Trinajstić information content (AvgIpc) is 2.93. The van der Waals surface area contributed by atoms with Crippen LogP contribution in [0.3, 0.4) is 0 Å². The van der Waals surface area contributed by atoms with Crippen molar-refractivity contribution < 1.29 is 0 Å². The van der Waals surface area contributed by atoms with Crippen LogP contribution in [-0.4, -0.2) is 48.1 Å². The zero-order valence-corrected chi connectivity index (χ0v) is 10.3. The van der Waals surface area contributed by atoms with Crippen LogP contribution in [0.15, 0.2) is 24.3 Å². The van der Waals surface area contributed by atoms with Crippen LogP contribution < -0.4 is 4.90 Å². The molecule has 90 valence electrons. The fourth-order valence-corrected chi connectivity index (χ4v) is 2.51. The van der Waals surface area contributed by atoms with E-state index < -0.39 is 0 Å². The normalized spacial score (nSPS) is 21.2. The number of rotatable bonds is 2. The molecule has 0 amide bonds. The molecule has 1 fully saturated rings. The van der Waals surface area contributed by atoms with Gasteiger partial charge in [0.2, 0.25) is 5.95 Å². The van der Waals surface area contributed by atoms with Crippen molar-refractivity contribution in [2.75, 3.05) is 32.1 Å². The van der Waals surface area contributed by atoms with Gasteiger partial charge in [0.15, 0.2) is 0 Å². The number of hydrogen-bond acceptors (Lipinski definition) is 3. The summed E-state index contributed by atoms with van der Waals surface area (Å²) in [6, 6.07) is 8.74. The molecule has 0 bridgehead atoms. The SMILES string of the molecule is CN1CCC(N(C)c2nc3ccccc3[nH]2)C1. The Morgan fingerprint density at radius 1 is 1.41 bits per heavy atom. The molecule has 0 saturated carbocycles. The molecule has 0 spiro atoms. The Hall–Kier alpha value is -1.55. The summed E-state index contributed by atoms with van der Waals surface area (Å²) in [7, 11) is 4.30. The first-order valence-electron chi connectivity index (χ1n) is 6.10. The largest absolute Gasteiger partial charge is 0.341 e. The van der Waals surface area contributed by atoms with Crippen molar-refractivity contribution in [3.05, 3.63) is 24.3 Å². The van der Waals surface area contributed by atoms with Gasteiger partial charge in [0.1, 0.15) is 0 Å². The van der Waals surface area contributed by atoms with E-state index in [1.54, 1.807) is 0 Å². The van der Waals surface area contributed by atoms with Crippen molar-refractivity contribution in [3.63, 3.8) is 0 Å². The molecule has 1 aromatic carbocycles. The van der Waals surface area contributed by atoms with Crippen molar-refractivity contribution in [1.29, 1.82) is 0 Å². The smallest absolute Gasteiger partial charge is 0.203 e. The summed E-state index contributed by atoms with van der Waals surface area (Å²) in [6.07, 6.45) is 1.21. The van der Waals surface area contributed by atoms with Crippen LogP contribution in [0.2, 0.25) is 0 Å². The highest BCUT2D eigenvalue weighted by Gasteiger charge is 2.24. The summed E-state index contributed by atoms with van der Waals surface area (Å²) in [5.74, 6) is 0.978. The minimum absolute atomic E-state index is 0.570. The van der Waals surface area contributed by atoms with E-state index in [2.05, 4.69) is 39.9 Å². The zero-order valence-electron chi connectivity index (χ0n) is 10.3. The molecular formula is C13H18N4. The van der Waals surface area contributed by atoms with E-state index in [0.29, 0.717) is 6.04 Å². The van der Waals surface area contributed by atoms with Crippen LogP contribution in [0.4, 0.5) is 5.95 Å². The molecule has 4 nitrogen and oxygen atoms in total. The number of nitrogens with one attached hydrogen (secondary N) is 1. The van der Waals surface area contributed by atoms with Gasteiger partial charge in [-0.2, -0.15) is 0 Å². The van der Waals surface area contributed by atoms with E-state index in [-0.39, 0.29) is 0 Å². The molecule has 0 aliphatic carbocycles. The standard InChI is InChI=1S/C13H18N4/c1-16-8-7-10(9-16)17(2)13-14-11-5-3-4-6-12(11)15-13/h3-6,10H,7-9H2,1-2H3,(H,14,15). The first-order chi connectivity index (χ1) is 8.24. The molecule has 1 atom stereocenters. The van der Waals surface area contributed by atoms with E-state index in [9.17, 15) is 0 Å². The Balaban J connectivity index is 1.87. The highest BCUT2D eigenvalue weighted by Crippen LogP contribution is 2.21. The summed E-state index contributed by atoms with van der Waals surface area (Å²) in [6.45, 7) is 2.29. The van der Waals surface area contributed by atoms with Gasteiger partial charge in [-0.25, -0.2) is 4.98 Å². The third kappa shape index (κ3) is 1.89. The van der Waals surface area contributed by atoms with Crippen LogP contribution in [0.25, 0.3) is 11.0 Å². The number of anilines is 1. The summed E-state index contributed by atoms with van der Waals surface area (Å²) in [5.41, 5.74) is 2.15. The van der Waals surface area contributed by atoms with Gasteiger partial charge in [0.25, 0.3) is 0 Å². The van der Waals surface area contributed by atoms with Crippen molar-refractivity contribution in [3.8, 4) is 0 Å². The van der Waals surface area contributed by atoms with Crippen LogP contribution in [-0.2, 0) is 0 Å². The Labute approximate surface area is 101 Å². The van der Waals surface area contributed by atoms with Crippen LogP contribution >= 0.6 is 0 Å². The maximum atomic E-state index is 4.63. The number of hydrogen-bond donors (Lipinski definition) is 1. The second kappa shape index (κ2) is 4.04. The molecule has 1 N–H and O–H groups in total. The number of nitrogens with zero attached hydrogens (tertiary/aromatic N) is 3. The second-order valence-electron chi connectivity index (χ2n) is 4.89. The molecule has 1 aliphatic rings. The van der Waals surface area contributed by atoms with Crippen molar-refractivity contribution >= 4 is 17.0 Å². The number of fused-ring (bicyclic) bond motifs is 1. The van der Waals surface area contributed by atoms with E-state index >= 15 is 0 Å². The Morgan fingerprint density at radius 2 is 2.24 bits per heavy atom. The minimum atomic E-state index is 0.570. The summed E-state index contributed by atoms with van der Waals surface area (Å²) in [4.78, 5) is 12.6. The lowest BCUT2D eigenvalue weighted by molar-refractivity contribution is 0.409. The molecule has 2 aromatic rings. The Kier molecular flexibility index (Phi) is 2.52. The Bertz CT molecular complexity index is 486. The number of H-pyrrole nitrogens is 1. The quantitative estimate of drug-likeness (QED) is 0.853. The van der Waals surface area contributed by atoms with E-state index in [1.165, 1.54) is 13.0 Å². The molecule has 1 saturated heterocycles. The molecule has 3 rings (SSSR count). The number of aromatic nitrogens is 2. The predicted molar refractivity (Wildman–Crippen MR) is 70.4 cm³/mol.